The lowest BCUT2D eigenvalue weighted by Gasteiger charge is -2.36. The van der Waals surface area contributed by atoms with Crippen LogP contribution in [0, 0.1) is 13.8 Å². The van der Waals surface area contributed by atoms with E-state index in [2.05, 4.69) is 25.5 Å². The number of rotatable bonds is 5. The standard InChI is InChI=1S/C20H27ClN6OS.HI/c1-14-18(29-15(2)25-14)12-23-20(22-3)24-13-19(28)27-10-8-26(9-11-27)17-6-4-16(21)5-7-17;/h4-7H,8-13H2,1-3H3,(H2,22,23,24);1H. The van der Waals surface area contributed by atoms with Crippen molar-refractivity contribution in [2.75, 3.05) is 44.7 Å². The second-order valence-electron chi connectivity index (χ2n) is 6.87. The van der Waals surface area contributed by atoms with Gasteiger partial charge in [-0.3, -0.25) is 9.79 Å². The van der Waals surface area contributed by atoms with E-state index in [1.807, 2.05) is 43.0 Å². The molecule has 7 nitrogen and oxygen atoms in total. The van der Waals surface area contributed by atoms with E-state index < -0.39 is 0 Å². The molecule has 3 rings (SSSR count). The summed E-state index contributed by atoms with van der Waals surface area (Å²) in [7, 11) is 1.70. The first-order chi connectivity index (χ1) is 14.0. The highest BCUT2D eigenvalue weighted by Crippen LogP contribution is 2.19. The number of carbonyl (C=O) groups is 1. The number of carbonyl (C=O) groups excluding carboxylic acids is 1. The largest absolute Gasteiger partial charge is 0.368 e. The molecule has 0 unspecified atom stereocenters. The van der Waals surface area contributed by atoms with Gasteiger partial charge in [-0.1, -0.05) is 11.6 Å². The molecule has 10 heteroatoms. The van der Waals surface area contributed by atoms with Gasteiger partial charge in [0.2, 0.25) is 5.91 Å². The molecule has 0 bridgehead atoms. The molecule has 0 aliphatic carbocycles. The molecule has 2 heterocycles. The maximum Gasteiger partial charge on any atom is 0.242 e. The van der Waals surface area contributed by atoms with E-state index in [-0.39, 0.29) is 36.4 Å². The van der Waals surface area contributed by atoms with Crippen LogP contribution < -0.4 is 15.5 Å². The maximum atomic E-state index is 12.6. The number of thiazole rings is 1. The number of nitrogens with zero attached hydrogens (tertiary/aromatic N) is 4. The average Bonchev–Trinajstić information content (AvgIpc) is 3.05. The van der Waals surface area contributed by atoms with Gasteiger partial charge in [0.05, 0.1) is 23.8 Å². The van der Waals surface area contributed by atoms with Gasteiger partial charge < -0.3 is 20.4 Å². The summed E-state index contributed by atoms with van der Waals surface area (Å²) in [4.78, 5) is 26.5. The fraction of sp³-hybridized carbons (Fsp3) is 0.450. The summed E-state index contributed by atoms with van der Waals surface area (Å²) >= 11 is 7.63. The summed E-state index contributed by atoms with van der Waals surface area (Å²) < 4.78 is 0. The van der Waals surface area contributed by atoms with E-state index in [9.17, 15) is 4.79 Å². The molecule has 0 saturated carbocycles. The van der Waals surface area contributed by atoms with Crippen molar-refractivity contribution in [2.45, 2.75) is 20.4 Å². The summed E-state index contributed by atoms with van der Waals surface area (Å²) in [6.07, 6.45) is 0. The van der Waals surface area contributed by atoms with Crippen LogP contribution in [-0.2, 0) is 11.3 Å². The van der Waals surface area contributed by atoms with Crippen LogP contribution in [0.5, 0.6) is 0 Å². The number of halogens is 2. The Kier molecular flexibility index (Phi) is 9.63. The normalized spacial score (nSPS) is 14.3. The van der Waals surface area contributed by atoms with E-state index in [0.717, 1.165) is 34.5 Å². The van der Waals surface area contributed by atoms with Crippen LogP contribution in [0.3, 0.4) is 0 Å². The van der Waals surface area contributed by atoms with Crippen molar-refractivity contribution in [1.82, 2.24) is 20.5 Å². The molecule has 2 aromatic rings. The summed E-state index contributed by atoms with van der Waals surface area (Å²) in [6, 6.07) is 7.82. The molecule has 30 heavy (non-hydrogen) atoms. The maximum absolute atomic E-state index is 12.6. The lowest BCUT2D eigenvalue weighted by Crippen LogP contribution is -2.52. The molecule has 0 atom stereocenters. The number of guanidine groups is 1. The third-order valence-electron chi connectivity index (χ3n) is 4.87. The number of nitrogens with one attached hydrogen (secondary N) is 2. The first-order valence-corrected chi connectivity index (χ1v) is 10.8. The zero-order valence-corrected chi connectivity index (χ0v) is 21.3. The molecule has 1 aliphatic rings. The highest BCUT2D eigenvalue weighted by atomic mass is 127. The predicted molar refractivity (Wildman–Crippen MR) is 135 cm³/mol. The van der Waals surface area contributed by atoms with Gasteiger partial charge in [-0.05, 0) is 38.1 Å². The number of piperazine rings is 1. The summed E-state index contributed by atoms with van der Waals surface area (Å²) in [6.45, 7) is 7.90. The van der Waals surface area contributed by atoms with Gasteiger partial charge in [0, 0.05) is 48.8 Å². The summed E-state index contributed by atoms with van der Waals surface area (Å²) in [5.74, 6) is 0.692. The number of aliphatic imine (C=N–C) groups is 1. The fourth-order valence-electron chi connectivity index (χ4n) is 3.26. The Balaban J connectivity index is 0.00000320. The van der Waals surface area contributed by atoms with Gasteiger partial charge in [0.15, 0.2) is 5.96 Å². The Morgan fingerprint density at radius 1 is 1.17 bits per heavy atom. The number of hydrogen-bond donors (Lipinski definition) is 2. The third-order valence-corrected chi connectivity index (χ3v) is 6.20. The molecule has 0 spiro atoms. The SMILES string of the molecule is CN=C(NCC(=O)N1CCN(c2ccc(Cl)cc2)CC1)NCc1sc(C)nc1C.I. The minimum Gasteiger partial charge on any atom is -0.368 e. The summed E-state index contributed by atoms with van der Waals surface area (Å²) in [5, 5.41) is 8.15. The molecule has 1 fully saturated rings. The number of benzene rings is 1. The number of amides is 1. The van der Waals surface area contributed by atoms with Gasteiger partial charge in [-0.2, -0.15) is 0 Å². The van der Waals surface area contributed by atoms with Crippen LogP contribution in [0.1, 0.15) is 15.6 Å². The van der Waals surface area contributed by atoms with Crippen molar-refractivity contribution in [3.63, 3.8) is 0 Å². The highest BCUT2D eigenvalue weighted by molar-refractivity contribution is 14.0. The Morgan fingerprint density at radius 2 is 1.83 bits per heavy atom. The second-order valence-corrected chi connectivity index (χ2v) is 8.59. The molecule has 1 aromatic carbocycles. The van der Waals surface area contributed by atoms with Crippen LogP contribution in [0.4, 0.5) is 5.69 Å². The Hall–Kier alpha value is -1.59. The Morgan fingerprint density at radius 3 is 2.40 bits per heavy atom. The molecule has 164 valence electrons. The number of anilines is 1. The zero-order chi connectivity index (χ0) is 20.8. The molecule has 1 aliphatic heterocycles. The molecule has 2 N–H and O–H groups in total. The van der Waals surface area contributed by atoms with E-state index in [1.54, 1.807) is 18.4 Å². The van der Waals surface area contributed by atoms with Gasteiger partial charge in [-0.25, -0.2) is 4.98 Å². The van der Waals surface area contributed by atoms with Crippen molar-refractivity contribution >= 4 is 64.5 Å². The number of aromatic nitrogens is 1. The predicted octanol–water partition coefficient (Wildman–Crippen LogP) is 3.05. The van der Waals surface area contributed by atoms with E-state index in [4.69, 9.17) is 11.6 Å². The van der Waals surface area contributed by atoms with Crippen molar-refractivity contribution in [3.05, 3.63) is 44.9 Å². The Labute approximate surface area is 203 Å². The minimum atomic E-state index is 0. The monoisotopic (exact) mass is 562 g/mol. The smallest absolute Gasteiger partial charge is 0.242 e. The fourth-order valence-corrected chi connectivity index (χ4v) is 4.26. The lowest BCUT2D eigenvalue weighted by atomic mass is 10.2. The van der Waals surface area contributed by atoms with Crippen molar-refractivity contribution in [3.8, 4) is 0 Å². The molecular formula is C20H28ClIN6OS. The quantitative estimate of drug-likeness (QED) is 0.333. The highest BCUT2D eigenvalue weighted by Gasteiger charge is 2.21. The first kappa shape index (κ1) is 24.7. The zero-order valence-electron chi connectivity index (χ0n) is 17.4. The number of aryl methyl sites for hydroxylation is 2. The average molecular weight is 563 g/mol. The van der Waals surface area contributed by atoms with Crippen LogP contribution in [0.15, 0.2) is 29.3 Å². The first-order valence-electron chi connectivity index (χ1n) is 9.62. The van der Waals surface area contributed by atoms with Gasteiger partial charge in [0.25, 0.3) is 0 Å². The van der Waals surface area contributed by atoms with E-state index >= 15 is 0 Å². The van der Waals surface area contributed by atoms with E-state index in [0.29, 0.717) is 25.6 Å². The van der Waals surface area contributed by atoms with Crippen molar-refractivity contribution in [1.29, 1.82) is 0 Å². The van der Waals surface area contributed by atoms with Gasteiger partial charge >= 0.3 is 0 Å². The third kappa shape index (κ3) is 6.71. The lowest BCUT2D eigenvalue weighted by molar-refractivity contribution is -0.130. The topological polar surface area (TPSA) is 72.9 Å². The molecule has 1 saturated heterocycles. The van der Waals surface area contributed by atoms with Crippen LogP contribution >= 0.6 is 46.9 Å². The molecule has 1 aromatic heterocycles. The summed E-state index contributed by atoms with van der Waals surface area (Å²) in [5.41, 5.74) is 2.17. The number of hydrogen-bond acceptors (Lipinski definition) is 5. The molecule has 0 radical (unpaired) electrons. The molecular weight excluding hydrogens is 535 g/mol. The minimum absolute atomic E-state index is 0. The second kappa shape index (κ2) is 11.7. The van der Waals surface area contributed by atoms with Crippen molar-refractivity contribution < 1.29 is 4.79 Å². The van der Waals surface area contributed by atoms with Crippen LogP contribution in [0.2, 0.25) is 5.02 Å². The van der Waals surface area contributed by atoms with Gasteiger partial charge in [-0.15, -0.1) is 35.3 Å². The van der Waals surface area contributed by atoms with E-state index in [1.165, 1.54) is 4.88 Å². The van der Waals surface area contributed by atoms with Crippen molar-refractivity contribution in [2.24, 2.45) is 4.99 Å². The van der Waals surface area contributed by atoms with Gasteiger partial charge in [0.1, 0.15) is 0 Å². The van der Waals surface area contributed by atoms with Crippen LogP contribution in [0.25, 0.3) is 0 Å². The Bertz CT molecular complexity index is 865. The van der Waals surface area contributed by atoms with Crippen LogP contribution in [-0.4, -0.2) is 61.5 Å². The molecule has 1 amide bonds.